The van der Waals surface area contributed by atoms with E-state index in [0.29, 0.717) is 17.5 Å². The van der Waals surface area contributed by atoms with Crippen LogP contribution in [0.1, 0.15) is 46.8 Å². The number of carbonyl (C=O) groups excluding carboxylic acids is 1. The van der Waals surface area contributed by atoms with E-state index in [1.54, 1.807) is 0 Å². The van der Waals surface area contributed by atoms with Crippen molar-refractivity contribution in [3.05, 3.63) is 52.7 Å². The van der Waals surface area contributed by atoms with Crippen molar-refractivity contribution in [1.82, 2.24) is 15.4 Å². The predicted molar refractivity (Wildman–Crippen MR) is 106 cm³/mol. The van der Waals surface area contributed by atoms with Gasteiger partial charge >= 0.3 is 0 Å². The van der Waals surface area contributed by atoms with Crippen LogP contribution in [-0.2, 0) is 6.54 Å². The Morgan fingerprint density at radius 2 is 2.15 bits per heavy atom. The van der Waals surface area contributed by atoms with Gasteiger partial charge in [0.2, 0.25) is 0 Å². The van der Waals surface area contributed by atoms with E-state index in [1.165, 1.54) is 15.0 Å². The molecule has 1 aliphatic carbocycles. The van der Waals surface area contributed by atoms with Gasteiger partial charge in [-0.05, 0) is 36.3 Å². The molecule has 1 aromatic carbocycles. The number of aromatic nitrogens is 1. The number of thiophene rings is 1. The molecule has 2 atom stereocenters. The van der Waals surface area contributed by atoms with Crippen LogP contribution in [0.15, 0.2) is 40.9 Å². The molecule has 5 rings (SSSR count). The van der Waals surface area contributed by atoms with Crippen molar-refractivity contribution in [2.75, 3.05) is 13.1 Å². The van der Waals surface area contributed by atoms with Gasteiger partial charge in [0.15, 0.2) is 5.69 Å². The lowest BCUT2D eigenvalue weighted by Gasteiger charge is -2.16. The molecular formula is C21H23N3O2S. The monoisotopic (exact) mass is 381 g/mol. The molecule has 5 nitrogen and oxygen atoms in total. The minimum atomic E-state index is -0.119. The Morgan fingerprint density at radius 3 is 2.96 bits per heavy atom. The summed E-state index contributed by atoms with van der Waals surface area (Å²) in [5.74, 6) is 1.62. The van der Waals surface area contributed by atoms with Crippen LogP contribution in [0.2, 0.25) is 0 Å². The maximum absolute atomic E-state index is 12.5. The Morgan fingerprint density at radius 1 is 1.30 bits per heavy atom. The summed E-state index contributed by atoms with van der Waals surface area (Å²) in [6.45, 7) is 5.00. The van der Waals surface area contributed by atoms with Gasteiger partial charge in [-0.3, -0.25) is 9.69 Å². The second kappa shape index (κ2) is 6.77. The Labute approximate surface area is 162 Å². The summed E-state index contributed by atoms with van der Waals surface area (Å²) < 4.78 is 6.65. The Kier molecular flexibility index (Phi) is 4.25. The lowest BCUT2D eigenvalue weighted by Crippen LogP contribution is -2.39. The Balaban J connectivity index is 1.21. The van der Waals surface area contributed by atoms with Gasteiger partial charge in [-0.25, -0.2) is 0 Å². The van der Waals surface area contributed by atoms with Crippen LogP contribution in [0.5, 0.6) is 0 Å². The van der Waals surface area contributed by atoms with Crippen LogP contribution in [-0.4, -0.2) is 35.1 Å². The van der Waals surface area contributed by atoms with Crippen molar-refractivity contribution in [1.29, 1.82) is 0 Å². The SMILES string of the molecule is C[C@H]1CN(Cc2cc3ccccc3s2)C[C@H]1NC(=O)c1cc(C2CC2)on1. The van der Waals surface area contributed by atoms with E-state index in [0.717, 1.165) is 38.2 Å². The zero-order valence-electron chi connectivity index (χ0n) is 15.4. The van der Waals surface area contributed by atoms with Crippen LogP contribution in [0.25, 0.3) is 10.1 Å². The molecule has 3 heterocycles. The number of hydrogen-bond acceptors (Lipinski definition) is 5. The van der Waals surface area contributed by atoms with Gasteiger partial charge in [-0.1, -0.05) is 30.3 Å². The molecule has 3 aromatic rings. The van der Waals surface area contributed by atoms with Crippen LogP contribution in [0.3, 0.4) is 0 Å². The molecule has 6 heteroatoms. The average molecular weight is 382 g/mol. The fourth-order valence-corrected chi connectivity index (χ4v) is 5.03. The van der Waals surface area contributed by atoms with E-state index in [2.05, 4.69) is 52.6 Å². The first-order chi connectivity index (χ1) is 13.2. The third kappa shape index (κ3) is 3.51. The maximum atomic E-state index is 12.5. The number of carbonyl (C=O) groups is 1. The molecule has 2 aromatic heterocycles. The highest BCUT2D eigenvalue weighted by atomic mass is 32.1. The standard InChI is InChI=1S/C21H23N3O2S/c1-13-10-24(11-16-8-15-4-2-3-5-20(15)27-16)12-18(13)22-21(25)17-9-19(26-23-17)14-6-7-14/h2-5,8-9,13-14,18H,6-7,10-12H2,1H3,(H,22,25)/t13-,18+/m0/s1. The highest BCUT2D eigenvalue weighted by Crippen LogP contribution is 2.40. The number of nitrogens with one attached hydrogen (secondary N) is 1. The normalized spacial score (nSPS) is 23.1. The first-order valence-electron chi connectivity index (χ1n) is 9.63. The number of likely N-dealkylation sites (tertiary alicyclic amines) is 1. The van der Waals surface area contributed by atoms with Gasteiger partial charge < -0.3 is 9.84 Å². The summed E-state index contributed by atoms with van der Waals surface area (Å²) in [4.78, 5) is 16.3. The molecule has 1 aliphatic heterocycles. The molecule has 1 saturated heterocycles. The predicted octanol–water partition coefficient (Wildman–Crippen LogP) is 4.02. The van der Waals surface area contributed by atoms with Crippen molar-refractivity contribution in [2.24, 2.45) is 5.92 Å². The molecule has 0 bridgehead atoms. The Bertz CT molecular complexity index is 942. The van der Waals surface area contributed by atoms with Crippen LogP contribution >= 0.6 is 11.3 Å². The van der Waals surface area contributed by atoms with Gasteiger partial charge in [0.1, 0.15) is 5.76 Å². The first kappa shape index (κ1) is 17.0. The van der Waals surface area contributed by atoms with E-state index < -0.39 is 0 Å². The first-order valence-corrected chi connectivity index (χ1v) is 10.4. The number of amides is 1. The number of benzene rings is 1. The van der Waals surface area contributed by atoms with Crippen LogP contribution in [0.4, 0.5) is 0 Å². The minimum Gasteiger partial charge on any atom is -0.360 e. The van der Waals surface area contributed by atoms with E-state index in [-0.39, 0.29) is 11.9 Å². The molecule has 1 saturated carbocycles. The molecule has 0 radical (unpaired) electrons. The molecule has 2 aliphatic rings. The van der Waals surface area contributed by atoms with Crippen molar-refractivity contribution in [2.45, 2.75) is 38.3 Å². The summed E-state index contributed by atoms with van der Waals surface area (Å²) >= 11 is 1.86. The third-order valence-corrected chi connectivity index (χ3v) is 6.70. The summed E-state index contributed by atoms with van der Waals surface area (Å²) in [5, 5.41) is 8.43. The lowest BCUT2D eigenvalue weighted by molar-refractivity contribution is 0.0922. The zero-order valence-corrected chi connectivity index (χ0v) is 16.2. The third-order valence-electron chi connectivity index (χ3n) is 5.60. The summed E-state index contributed by atoms with van der Waals surface area (Å²) in [6, 6.07) is 12.7. The van der Waals surface area contributed by atoms with Crippen LogP contribution in [0, 0.1) is 5.92 Å². The molecule has 27 heavy (non-hydrogen) atoms. The average Bonchev–Trinajstić information content (AvgIpc) is 3.09. The second-order valence-corrected chi connectivity index (χ2v) is 9.06. The molecule has 140 valence electrons. The number of fused-ring (bicyclic) bond motifs is 1. The van der Waals surface area contributed by atoms with Crippen molar-refractivity contribution >= 4 is 27.3 Å². The topological polar surface area (TPSA) is 58.4 Å². The minimum absolute atomic E-state index is 0.119. The number of hydrogen-bond donors (Lipinski definition) is 1. The van der Waals surface area contributed by atoms with E-state index in [1.807, 2.05) is 17.4 Å². The quantitative estimate of drug-likeness (QED) is 0.725. The number of nitrogens with zero attached hydrogens (tertiary/aromatic N) is 2. The molecule has 1 amide bonds. The zero-order chi connectivity index (χ0) is 18.4. The largest absolute Gasteiger partial charge is 0.360 e. The summed E-state index contributed by atoms with van der Waals surface area (Å²) in [5.41, 5.74) is 0.409. The highest BCUT2D eigenvalue weighted by molar-refractivity contribution is 7.19. The van der Waals surface area contributed by atoms with Gasteiger partial charge in [0.05, 0.1) is 0 Å². The number of rotatable bonds is 5. The smallest absolute Gasteiger partial charge is 0.273 e. The molecular weight excluding hydrogens is 358 g/mol. The van der Waals surface area contributed by atoms with Gasteiger partial charge in [0.25, 0.3) is 5.91 Å². The van der Waals surface area contributed by atoms with E-state index >= 15 is 0 Å². The van der Waals surface area contributed by atoms with Crippen LogP contribution < -0.4 is 5.32 Å². The van der Waals surface area contributed by atoms with Crippen molar-refractivity contribution in [3.63, 3.8) is 0 Å². The fourth-order valence-electron chi connectivity index (χ4n) is 3.92. The summed E-state index contributed by atoms with van der Waals surface area (Å²) in [7, 11) is 0. The fraction of sp³-hybridized carbons (Fsp3) is 0.429. The van der Waals surface area contributed by atoms with Crippen molar-refractivity contribution in [3.8, 4) is 0 Å². The lowest BCUT2D eigenvalue weighted by atomic mass is 10.1. The molecule has 0 unspecified atom stereocenters. The van der Waals surface area contributed by atoms with E-state index in [4.69, 9.17) is 4.52 Å². The Hall–Kier alpha value is -2.18. The molecule has 2 fully saturated rings. The summed E-state index contributed by atoms with van der Waals surface area (Å²) in [6.07, 6.45) is 2.28. The second-order valence-electron chi connectivity index (χ2n) is 7.89. The molecule has 1 N–H and O–H groups in total. The van der Waals surface area contributed by atoms with Gasteiger partial charge in [0, 0.05) is 47.2 Å². The van der Waals surface area contributed by atoms with E-state index in [9.17, 15) is 4.79 Å². The molecule has 0 spiro atoms. The highest BCUT2D eigenvalue weighted by Gasteiger charge is 2.33. The van der Waals surface area contributed by atoms with Crippen molar-refractivity contribution < 1.29 is 9.32 Å². The maximum Gasteiger partial charge on any atom is 0.273 e. The van der Waals surface area contributed by atoms with Gasteiger partial charge in [-0.2, -0.15) is 0 Å². The van der Waals surface area contributed by atoms with Gasteiger partial charge in [-0.15, -0.1) is 11.3 Å².